The Morgan fingerprint density at radius 2 is 2.04 bits per heavy atom. The lowest BCUT2D eigenvalue weighted by atomic mass is 10.2. The van der Waals surface area contributed by atoms with Crippen LogP contribution in [0.4, 0.5) is 0 Å². The van der Waals surface area contributed by atoms with Gasteiger partial charge in [0, 0.05) is 23.1 Å². The molecule has 2 aromatic carbocycles. The van der Waals surface area contributed by atoms with Crippen LogP contribution in [0.25, 0.3) is 0 Å². The second-order valence-corrected chi connectivity index (χ2v) is 6.68. The van der Waals surface area contributed by atoms with E-state index in [0.29, 0.717) is 6.54 Å². The van der Waals surface area contributed by atoms with Gasteiger partial charge in [-0.15, -0.1) is 0 Å². The molecule has 23 heavy (non-hydrogen) atoms. The molecule has 0 atom stereocenters. The summed E-state index contributed by atoms with van der Waals surface area (Å²) >= 11 is 7.70. The summed E-state index contributed by atoms with van der Waals surface area (Å²) in [5.74, 6) is 2.35. The molecule has 0 aromatic heterocycles. The maximum atomic E-state index is 11.7. The Morgan fingerprint density at radius 1 is 1.22 bits per heavy atom. The number of rotatable bonds is 8. The summed E-state index contributed by atoms with van der Waals surface area (Å²) < 4.78 is 5.45. The minimum absolute atomic E-state index is 0.0441. The van der Waals surface area contributed by atoms with Gasteiger partial charge in [-0.2, -0.15) is 11.8 Å². The molecule has 0 aliphatic heterocycles. The van der Waals surface area contributed by atoms with Crippen LogP contribution in [0.15, 0.2) is 48.5 Å². The van der Waals surface area contributed by atoms with E-state index >= 15 is 0 Å². The average Bonchev–Trinajstić information content (AvgIpc) is 2.53. The minimum Gasteiger partial charge on any atom is -0.484 e. The van der Waals surface area contributed by atoms with E-state index < -0.39 is 0 Å². The number of thioether (sulfide) groups is 1. The molecule has 0 spiro atoms. The standard InChI is InChI=1S/C18H20ClNO2S/c1-14-4-2-7-17(10-14)22-12-18(21)20-8-9-23-13-15-5-3-6-16(19)11-15/h2-7,10-11H,8-9,12-13H2,1H3,(H,20,21). The third kappa shape index (κ3) is 6.97. The summed E-state index contributed by atoms with van der Waals surface area (Å²) in [4.78, 5) is 11.7. The zero-order valence-corrected chi connectivity index (χ0v) is 14.6. The molecule has 1 N–H and O–H groups in total. The van der Waals surface area contributed by atoms with Crippen LogP contribution in [0, 0.1) is 6.92 Å². The number of benzene rings is 2. The molecule has 0 aliphatic rings. The number of hydrogen-bond acceptors (Lipinski definition) is 3. The SMILES string of the molecule is Cc1cccc(OCC(=O)NCCSCc2cccc(Cl)c2)c1. The van der Waals surface area contributed by atoms with Crippen LogP contribution < -0.4 is 10.1 Å². The maximum Gasteiger partial charge on any atom is 0.257 e. The van der Waals surface area contributed by atoms with Gasteiger partial charge >= 0.3 is 0 Å². The molecule has 1 amide bonds. The smallest absolute Gasteiger partial charge is 0.257 e. The Bertz CT molecular complexity index is 648. The van der Waals surface area contributed by atoms with Gasteiger partial charge in [0.2, 0.25) is 0 Å². The van der Waals surface area contributed by atoms with Gasteiger partial charge in [-0.3, -0.25) is 4.79 Å². The van der Waals surface area contributed by atoms with Gasteiger partial charge in [0.1, 0.15) is 5.75 Å². The van der Waals surface area contributed by atoms with Crippen LogP contribution in [0.1, 0.15) is 11.1 Å². The summed E-state index contributed by atoms with van der Waals surface area (Å²) in [7, 11) is 0. The van der Waals surface area contributed by atoms with Crippen LogP contribution in [-0.2, 0) is 10.5 Å². The van der Waals surface area contributed by atoms with Gasteiger partial charge < -0.3 is 10.1 Å². The number of amides is 1. The van der Waals surface area contributed by atoms with Crippen molar-refractivity contribution < 1.29 is 9.53 Å². The zero-order chi connectivity index (χ0) is 16.5. The molecule has 122 valence electrons. The Labute approximate surface area is 146 Å². The number of carbonyl (C=O) groups is 1. The molecule has 0 fully saturated rings. The van der Waals surface area contributed by atoms with Gasteiger partial charge in [0.05, 0.1) is 0 Å². The molecule has 2 rings (SSSR count). The van der Waals surface area contributed by atoms with E-state index in [9.17, 15) is 4.79 Å². The van der Waals surface area contributed by atoms with E-state index in [1.165, 1.54) is 5.56 Å². The summed E-state index contributed by atoms with van der Waals surface area (Å²) in [6, 6.07) is 15.5. The van der Waals surface area contributed by atoms with Crippen molar-refractivity contribution in [1.29, 1.82) is 0 Å². The van der Waals surface area contributed by atoms with E-state index in [2.05, 4.69) is 5.32 Å². The molecule has 0 heterocycles. The van der Waals surface area contributed by atoms with Crippen molar-refractivity contribution in [1.82, 2.24) is 5.32 Å². The number of carbonyl (C=O) groups excluding carboxylic acids is 1. The average molecular weight is 350 g/mol. The first-order valence-corrected chi connectivity index (χ1v) is 8.95. The van der Waals surface area contributed by atoms with Crippen molar-refractivity contribution in [3.8, 4) is 5.75 Å². The molecular formula is C18H20ClNO2S. The highest BCUT2D eigenvalue weighted by atomic mass is 35.5. The van der Waals surface area contributed by atoms with Gasteiger partial charge in [-0.25, -0.2) is 0 Å². The maximum absolute atomic E-state index is 11.7. The summed E-state index contributed by atoms with van der Waals surface area (Å²) in [5, 5.41) is 3.61. The third-order valence-electron chi connectivity index (χ3n) is 3.09. The second kappa shape index (κ2) is 9.48. The first kappa shape index (κ1) is 17.7. The van der Waals surface area contributed by atoms with Gasteiger partial charge in [0.15, 0.2) is 6.61 Å². The normalized spacial score (nSPS) is 10.3. The van der Waals surface area contributed by atoms with E-state index in [1.54, 1.807) is 11.8 Å². The molecule has 0 aliphatic carbocycles. The fraction of sp³-hybridized carbons (Fsp3) is 0.278. The highest BCUT2D eigenvalue weighted by Crippen LogP contribution is 2.16. The third-order valence-corrected chi connectivity index (χ3v) is 4.35. The topological polar surface area (TPSA) is 38.3 Å². The predicted octanol–water partition coefficient (Wildman–Crippen LogP) is 4.08. The van der Waals surface area contributed by atoms with Crippen LogP contribution in [0.2, 0.25) is 5.02 Å². The Hall–Kier alpha value is -1.65. The highest BCUT2D eigenvalue weighted by molar-refractivity contribution is 7.98. The molecular weight excluding hydrogens is 330 g/mol. The second-order valence-electron chi connectivity index (χ2n) is 5.14. The quantitative estimate of drug-likeness (QED) is 0.730. The number of aryl methyl sites for hydroxylation is 1. The fourth-order valence-electron chi connectivity index (χ4n) is 1.98. The molecule has 0 saturated heterocycles. The molecule has 3 nitrogen and oxygen atoms in total. The molecule has 0 radical (unpaired) electrons. The van der Waals surface area contributed by atoms with Gasteiger partial charge in [0.25, 0.3) is 5.91 Å². The first-order chi connectivity index (χ1) is 11.1. The first-order valence-electron chi connectivity index (χ1n) is 7.42. The van der Waals surface area contributed by atoms with Crippen LogP contribution in [0.3, 0.4) is 0 Å². The largest absolute Gasteiger partial charge is 0.484 e. The van der Waals surface area contributed by atoms with Crippen molar-refractivity contribution in [2.45, 2.75) is 12.7 Å². The molecule has 2 aromatic rings. The fourth-order valence-corrected chi connectivity index (χ4v) is 3.00. The molecule has 0 saturated carbocycles. The number of ether oxygens (including phenoxy) is 1. The molecule has 0 unspecified atom stereocenters. The molecule has 5 heteroatoms. The lowest BCUT2D eigenvalue weighted by molar-refractivity contribution is -0.122. The Morgan fingerprint density at radius 3 is 2.83 bits per heavy atom. The van der Waals surface area contributed by atoms with Crippen molar-refractivity contribution in [2.24, 2.45) is 0 Å². The highest BCUT2D eigenvalue weighted by Gasteiger charge is 2.02. The van der Waals surface area contributed by atoms with Crippen molar-refractivity contribution in [3.05, 3.63) is 64.7 Å². The van der Waals surface area contributed by atoms with Crippen molar-refractivity contribution >= 4 is 29.3 Å². The summed E-state index contributed by atoms with van der Waals surface area (Å²) in [6.45, 7) is 2.66. The number of hydrogen-bond donors (Lipinski definition) is 1. The minimum atomic E-state index is -0.102. The van der Waals surface area contributed by atoms with Gasteiger partial charge in [-0.1, -0.05) is 35.9 Å². The van der Waals surface area contributed by atoms with Crippen LogP contribution in [0.5, 0.6) is 5.75 Å². The van der Waals surface area contributed by atoms with Crippen LogP contribution in [-0.4, -0.2) is 24.8 Å². The van der Waals surface area contributed by atoms with Crippen LogP contribution >= 0.6 is 23.4 Å². The Balaban J connectivity index is 1.58. The lowest BCUT2D eigenvalue weighted by Gasteiger charge is -2.08. The van der Waals surface area contributed by atoms with Crippen molar-refractivity contribution in [2.75, 3.05) is 18.9 Å². The summed E-state index contributed by atoms with van der Waals surface area (Å²) in [5.41, 5.74) is 2.30. The monoisotopic (exact) mass is 349 g/mol. The predicted molar refractivity (Wildman–Crippen MR) is 97.3 cm³/mol. The number of halogens is 1. The lowest BCUT2D eigenvalue weighted by Crippen LogP contribution is -2.30. The zero-order valence-electron chi connectivity index (χ0n) is 13.0. The van der Waals surface area contributed by atoms with E-state index in [-0.39, 0.29) is 12.5 Å². The van der Waals surface area contributed by atoms with E-state index in [1.807, 2.05) is 55.5 Å². The van der Waals surface area contributed by atoms with Crippen molar-refractivity contribution in [3.63, 3.8) is 0 Å². The van der Waals surface area contributed by atoms with E-state index in [4.69, 9.17) is 16.3 Å². The van der Waals surface area contributed by atoms with E-state index in [0.717, 1.165) is 27.8 Å². The Kier molecular flexibility index (Phi) is 7.30. The molecule has 0 bridgehead atoms. The summed E-state index contributed by atoms with van der Waals surface area (Å²) in [6.07, 6.45) is 0. The number of nitrogens with one attached hydrogen (secondary N) is 1. The van der Waals surface area contributed by atoms with Gasteiger partial charge in [-0.05, 0) is 42.3 Å².